The van der Waals surface area contributed by atoms with Crippen LogP contribution in [0.25, 0.3) is 0 Å². The summed E-state index contributed by atoms with van der Waals surface area (Å²) >= 11 is 0. The van der Waals surface area contributed by atoms with Crippen molar-refractivity contribution < 1.29 is 12.8 Å². The molecule has 0 aromatic carbocycles. The van der Waals surface area contributed by atoms with Crippen LogP contribution >= 0.6 is 0 Å². The van der Waals surface area contributed by atoms with Crippen LogP contribution in [0.4, 0.5) is 4.39 Å². The Morgan fingerprint density at radius 2 is 1.82 bits per heavy atom. The fourth-order valence-corrected chi connectivity index (χ4v) is 2.80. The molecule has 2 nitrogen and oxygen atoms in total. The van der Waals surface area contributed by atoms with E-state index in [4.69, 9.17) is 0 Å². The Balaban J connectivity index is 2.70. The first kappa shape index (κ1) is 8.97. The van der Waals surface area contributed by atoms with E-state index in [-0.39, 0.29) is 0 Å². The normalized spacial score (nSPS) is 33.6. The molecule has 0 N–H and O–H groups in total. The zero-order chi connectivity index (χ0) is 8.48. The highest BCUT2D eigenvalue weighted by Crippen LogP contribution is 2.25. The van der Waals surface area contributed by atoms with Crippen molar-refractivity contribution in [2.75, 3.05) is 6.26 Å². The van der Waals surface area contributed by atoms with E-state index >= 15 is 0 Å². The second-order valence-electron chi connectivity index (χ2n) is 3.17. The van der Waals surface area contributed by atoms with E-state index in [1.54, 1.807) is 0 Å². The fraction of sp³-hybridized carbons (Fsp3) is 1.00. The molecular weight excluding hydrogens is 167 g/mol. The third-order valence-electron chi connectivity index (χ3n) is 2.17. The van der Waals surface area contributed by atoms with Crippen LogP contribution in [0, 0.1) is 0 Å². The van der Waals surface area contributed by atoms with Gasteiger partial charge in [-0.1, -0.05) is 12.8 Å². The van der Waals surface area contributed by atoms with Crippen molar-refractivity contribution in [3.05, 3.63) is 0 Å². The van der Waals surface area contributed by atoms with E-state index in [1.165, 1.54) is 0 Å². The molecule has 0 heterocycles. The van der Waals surface area contributed by atoms with E-state index in [0.717, 1.165) is 19.1 Å². The van der Waals surface area contributed by atoms with Crippen LogP contribution in [0.15, 0.2) is 0 Å². The van der Waals surface area contributed by atoms with Crippen LogP contribution in [-0.4, -0.2) is 26.1 Å². The summed E-state index contributed by atoms with van der Waals surface area (Å²) in [5.74, 6) is 0. The molecule has 11 heavy (non-hydrogen) atoms. The highest BCUT2D eigenvalue weighted by molar-refractivity contribution is 7.91. The van der Waals surface area contributed by atoms with Crippen molar-refractivity contribution in [3.63, 3.8) is 0 Å². The summed E-state index contributed by atoms with van der Waals surface area (Å²) in [5.41, 5.74) is 0. The van der Waals surface area contributed by atoms with Gasteiger partial charge in [-0.15, -0.1) is 0 Å². The third-order valence-corrected chi connectivity index (χ3v) is 3.80. The van der Waals surface area contributed by atoms with Crippen LogP contribution in [0.5, 0.6) is 0 Å². The Kier molecular flexibility index (Phi) is 2.52. The van der Waals surface area contributed by atoms with Crippen molar-refractivity contribution in [2.24, 2.45) is 0 Å². The molecule has 0 bridgehead atoms. The lowest BCUT2D eigenvalue weighted by molar-refractivity contribution is 0.253. The SMILES string of the molecule is CS(=O)(=O)C1CCCCC1F. The molecule has 0 radical (unpaired) electrons. The maximum atomic E-state index is 13.0. The van der Waals surface area contributed by atoms with E-state index in [2.05, 4.69) is 0 Å². The van der Waals surface area contributed by atoms with Crippen LogP contribution in [-0.2, 0) is 9.84 Å². The summed E-state index contributed by atoms with van der Waals surface area (Å²) in [4.78, 5) is 0. The minimum Gasteiger partial charge on any atom is -0.246 e. The van der Waals surface area contributed by atoms with Crippen molar-refractivity contribution in [1.29, 1.82) is 0 Å². The Bertz CT molecular complexity index is 223. The molecule has 1 fully saturated rings. The van der Waals surface area contributed by atoms with E-state index < -0.39 is 21.3 Å². The van der Waals surface area contributed by atoms with Gasteiger partial charge in [-0.25, -0.2) is 12.8 Å². The van der Waals surface area contributed by atoms with Crippen molar-refractivity contribution in [1.82, 2.24) is 0 Å². The van der Waals surface area contributed by atoms with Crippen LogP contribution < -0.4 is 0 Å². The summed E-state index contributed by atoms with van der Waals surface area (Å²) in [6.07, 6.45) is 2.58. The Morgan fingerprint density at radius 3 is 2.18 bits per heavy atom. The molecule has 1 aliphatic carbocycles. The zero-order valence-electron chi connectivity index (χ0n) is 6.59. The molecule has 0 aromatic rings. The molecule has 1 aliphatic rings. The maximum absolute atomic E-state index is 13.0. The van der Waals surface area contributed by atoms with Gasteiger partial charge in [0, 0.05) is 6.26 Å². The monoisotopic (exact) mass is 180 g/mol. The number of hydrogen-bond donors (Lipinski definition) is 0. The van der Waals surface area contributed by atoms with Crippen LogP contribution in [0.3, 0.4) is 0 Å². The molecule has 0 spiro atoms. The Morgan fingerprint density at radius 1 is 1.27 bits per heavy atom. The summed E-state index contributed by atoms with van der Waals surface area (Å²) < 4.78 is 34.9. The predicted octanol–water partition coefficient (Wildman–Crippen LogP) is 1.31. The number of hydrogen-bond acceptors (Lipinski definition) is 2. The molecule has 4 heteroatoms. The summed E-state index contributed by atoms with van der Waals surface area (Å²) in [7, 11) is -3.15. The van der Waals surface area contributed by atoms with Gasteiger partial charge in [0.05, 0.1) is 5.25 Å². The van der Waals surface area contributed by atoms with Gasteiger partial charge in [0.2, 0.25) is 0 Å². The summed E-state index contributed by atoms with van der Waals surface area (Å²) in [6, 6.07) is 0. The molecule has 0 aliphatic heterocycles. The molecule has 0 aromatic heterocycles. The topological polar surface area (TPSA) is 34.1 Å². The quantitative estimate of drug-likeness (QED) is 0.609. The van der Waals surface area contributed by atoms with Gasteiger partial charge in [0.25, 0.3) is 0 Å². The summed E-state index contributed by atoms with van der Waals surface area (Å²) in [5, 5.41) is -0.726. The fourth-order valence-electron chi connectivity index (χ4n) is 1.53. The average molecular weight is 180 g/mol. The molecular formula is C7H13FO2S. The van der Waals surface area contributed by atoms with Gasteiger partial charge in [-0.2, -0.15) is 0 Å². The van der Waals surface area contributed by atoms with Crippen LogP contribution in [0.1, 0.15) is 25.7 Å². The highest BCUT2D eigenvalue weighted by Gasteiger charge is 2.32. The minimum atomic E-state index is -3.15. The average Bonchev–Trinajstić information content (AvgIpc) is 1.86. The number of alkyl halides is 1. The standard InChI is InChI=1S/C7H13FO2S/c1-11(9,10)7-5-3-2-4-6(7)8/h6-7H,2-5H2,1H3. The first-order valence-corrected chi connectivity index (χ1v) is 5.80. The number of halogens is 1. The lowest BCUT2D eigenvalue weighted by Crippen LogP contribution is -2.33. The first-order valence-electron chi connectivity index (χ1n) is 3.85. The lowest BCUT2D eigenvalue weighted by atomic mass is 9.98. The van der Waals surface area contributed by atoms with Gasteiger partial charge < -0.3 is 0 Å². The molecule has 0 amide bonds. The maximum Gasteiger partial charge on any atom is 0.153 e. The van der Waals surface area contributed by atoms with Gasteiger partial charge in [0.15, 0.2) is 9.84 Å². The van der Waals surface area contributed by atoms with E-state index in [1.807, 2.05) is 0 Å². The van der Waals surface area contributed by atoms with Crippen molar-refractivity contribution in [2.45, 2.75) is 37.1 Å². The number of sulfone groups is 1. The molecule has 0 saturated heterocycles. The lowest BCUT2D eigenvalue weighted by Gasteiger charge is -2.23. The predicted molar refractivity (Wildman–Crippen MR) is 42.0 cm³/mol. The van der Waals surface area contributed by atoms with Crippen molar-refractivity contribution >= 4 is 9.84 Å². The Labute approximate surface area is 66.7 Å². The van der Waals surface area contributed by atoms with Gasteiger partial charge >= 0.3 is 0 Å². The first-order chi connectivity index (χ1) is 5.02. The van der Waals surface area contributed by atoms with Gasteiger partial charge in [-0.05, 0) is 12.8 Å². The van der Waals surface area contributed by atoms with Gasteiger partial charge in [-0.3, -0.25) is 0 Å². The molecule has 66 valence electrons. The van der Waals surface area contributed by atoms with E-state index in [0.29, 0.717) is 12.8 Å². The largest absolute Gasteiger partial charge is 0.246 e. The third kappa shape index (κ3) is 2.15. The number of rotatable bonds is 1. The summed E-state index contributed by atoms with van der Waals surface area (Å²) in [6.45, 7) is 0. The second-order valence-corrected chi connectivity index (χ2v) is 5.43. The molecule has 1 rings (SSSR count). The zero-order valence-corrected chi connectivity index (χ0v) is 7.40. The molecule has 2 atom stereocenters. The van der Waals surface area contributed by atoms with E-state index in [9.17, 15) is 12.8 Å². The highest BCUT2D eigenvalue weighted by atomic mass is 32.2. The minimum absolute atomic E-state index is 0.414. The molecule has 2 unspecified atom stereocenters. The smallest absolute Gasteiger partial charge is 0.153 e. The molecule has 1 saturated carbocycles. The van der Waals surface area contributed by atoms with Gasteiger partial charge in [0.1, 0.15) is 6.17 Å². The second kappa shape index (κ2) is 3.09. The Hall–Kier alpha value is -0.120. The van der Waals surface area contributed by atoms with Crippen molar-refractivity contribution in [3.8, 4) is 0 Å². The van der Waals surface area contributed by atoms with Crippen LogP contribution in [0.2, 0.25) is 0 Å².